The van der Waals surface area contributed by atoms with Gasteiger partial charge in [0.2, 0.25) is 5.91 Å². The zero-order chi connectivity index (χ0) is 27.5. The quantitative estimate of drug-likeness (QED) is 0.405. The monoisotopic (exact) mass is 539 g/mol. The van der Waals surface area contributed by atoms with Crippen LogP contribution in [0.3, 0.4) is 0 Å². The summed E-state index contributed by atoms with van der Waals surface area (Å²) in [7, 11) is 0. The molecule has 0 radical (unpaired) electrons. The molecule has 3 N–H and O–H groups in total. The van der Waals surface area contributed by atoms with Crippen LogP contribution in [-0.4, -0.2) is 39.4 Å². The van der Waals surface area contributed by atoms with Gasteiger partial charge in [0.25, 0.3) is 5.91 Å². The van der Waals surface area contributed by atoms with Crippen molar-refractivity contribution in [3.63, 3.8) is 0 Å². The lowest BCUT2D eigenvalue weighted by molar-refractivity contribution is -0.132. The fraction of sp³-hybridized carbons (Fsp3) is 0.394. The van der Waals surface area contributed by atoms with Crippen molar-refractivity contribution in [1.29, 1.82) is 0 Å². The maximum Gasteiger partial charge on any atom is 0.251 e. The van der Waals surface area contributed by atoms with Crippen molar-refractivity contribution in [1.82, 2.24) is 15.5 Å². The van der Waals surface area contributed by atoms with Gasteiger partial charge in [-0.25, -0.2) is 4.39 Å². The lowest BCUT2D eigenvalue weighted by atomic mass is 9.50. The minimum absolute atomic E-state index is 0.0409. The van der Waals surface area contributed by atoms with Crippen molar-refractivity contribution in [2.75, 3.05) is 6.54 Å². The molecule has 3 aromatic rings. The largest absolute Gasteiger partial charge is 0.508 e. The van der Waals surface area contributed by atoms with Crippen molar-refractivity contribution in [3.05, 3.63) is 89.2 Å². The Balaban J connectivity index is 1.02. The van der Waals surface area contributed by atoms with E-state index in [9.17, 15) is 19.1 Å². The van der Waals surface area contributed by atoms with E-state index in [4.69, 9.17) is 0 Å². The van der Waals surface area contributed by atoms with E-state index in [2.05, 4.69) is 10.6 Å². The molecule has 4 aliphatic carbocycles. The second-order valence-corrected chi connectivity index (χ2v) is 12.6. The summed E-state index contributed by atoms with van der Waals surface area (Å²) < 4.78 is 13.6. The maximum atomic E-state index is 13.6. The number of hydrogen-bond donors (Lipinski definition) is 3. The summed E-state index contributed by atoms with van der Waals surface area (Å²) in [6, 6.07) is 19.4. The topological polar surface area (TPSA) is 81.7 Å². The number of halogens is 1. The Kier molecular flexibility index (Phi) is 5.97. The molecule has 4 fully saturated rings. The Morgan fingerprint density at radius 3 is 2.17 bits per heavy atom. The average Bonchev–Trinajstić information content (AvgIpc) is 3.35. The van der Waals surface area contributed by atoms with E-state index in [1.165, 1.54) is 18.6 Å². The Labute approximate surface area is 233 Å². The molecule has 0 aromatic heterocycles. The number of carbonyl (C=O) groups excluding carboxylic acids is 2. The highest BCUT2D eigenvalue weighted by molar-refractivity contribution is 5.95. The van der Waals surface area contributed by atoms with Crippen LogP contribution in [0.25, 0.3) is 11.1 Å². The molecule has 1 aliphatic heterocycles. The van der Waals surface area contributed by atoms with E-state index >= 15 is 0 Å². The summed E-state index contributed by atoms with van der Waals surface area (Å²) in [4.78, 5) is 28.4. The summed E-state index contributed by atoms with van der Waals surface area (Å²) in [5.74, 6) is 1.04. The number of fused-ring (bicyclic) bond motifs is 1. The second kappa shape index (κ2) is 9.44. The van der Waals surface area contributed by atoms with Gasteiger partial charge in [-0.2, -0.15) is 0 Å². The molecule has 7 heteroatoms. The number of carbonyl (C=O) groups is 2. The molecule has 3 aromatic carbocycles. The fourth-order valence-electron chi connectivity index (χ4n) is 8.31. The molecule has 40 heavy (non-hydrogen) atoms. The van der Waals surface area contributed by atoms with E-state index in [0.717, 1.165) is 54.4 Å². The third-order valence-corrected chi connectivity index (χ3v) is 9.65. The van der Waals surface area contributed by atoms with Gasteiger partial charge in [0, 0.05) is 29.7 Å². The summed E-state index contributed by atoms with van der Waals surface area (Å²) in [5.41, 5.74) is 4.12. The first kappa shape index (κ1) is 25.3. The lowest BCUT2D eigenvalue weighted by Crippen LogP contribution is -2.69. The third-order valence-electron chi connectivity index (χ3n) is 9.65. The SMILES string of the molecule is O=C(NC12CC3CC(CC(NCC(=O)N4Cc5ccc(F)cc5C4)(C3)C1)C2)c1ccc(-c2ccc(O)cc2)cc1. The minimum atomic E-state index is -0.264. The molecule has 6 nitrogen and oxygen atoms in total. The first-order chi connectivity index (χ1) is 19.3. The number of rotatable bonds is 6. The Bertz CT molecular complexity index is 1460. The molecule has 2 amide bonds. The molecule has 206 valence electrons. The highest BCUT2D eigenvalue weighted by Gasteiger charge is 2.58. The molecule has 1 heterocycles. The molecule has 0 spiro atoms. The number of aromatic hydroxyl groups is 1. The molecular formula is C33H34FN3O3. The van der Waals surface area contributed by atoms with Gasteiger partial charge < -0.3 is 20.6 Å². The zero-order valence-electron chi connectivity index (χ0n) is 22.5. The average molecular weight is 540 g/mol. The van der Waals surface area contributed by atoms with Crippen LogP contribution in [0.15, 0.2) is 66.7 Å². The summed E-state index contributed by atoms with van der Waals surface area (Å²) in [5, 5.41) is 16.7. The Morgan fingerprint density at radius 2 is 1.48 bits per heavy atom. The van der Waals surface area contributed by atoms with Crippen molar-refractivity contribution in [2.24, 2.45) is 11.8 Å². The molecule has 2 atom stereocenters. The number of nitrogens with zero attached hydrogens (tertiary/aromatic N) is 1. The van der Waals surface area contributed by atoms with Gasteiger partial charge in [-0.15, -0.1) is 0 Å². The van der Waals surface area contributed by atoms with E-state index in [-0.39, 0.29) is 41.0 Å². The molecule has 8 rings (SSSR count). The predicted octanol–water partition coefficient (Wildman–Crippen LogP) is 5.15. The van der Waals surface area contributed by atoms with Crippen LogP contribution in [0.5, 0.6) is 5.75 Å². The van der Waals surface area contributed by atoms with Gasteiger partial charge in [0.1, 0.15) is 11.6 Å². The summed E-state index contributed by atoms with van der Waals surface area (Å²) in [6.45, 7) is 1.25. The molecule has 0 saturated heterocycles. The number of phenols is 1. The highest BCUT2D eigenvalue weighted by atomic mass is 19.1. The zero-order valence-corrected chi connectivity index (χ0v) is 22.5. The van der Waals surface area contributed by atoms with Crippen LogP contribution in [0.4, 0.5) is 4.39 Å². The molecule has 2 unspecified atom stereocenters. The van der Waals surface area contributed by atoms with Gasteiger partial charge in [-0.05, 0) is 109 Å². The first-order valence-corrected chi connectivity index (χ1v) is 14.3. The Hall–Kier alpha value is -3.71. The van der Waals surface area contributed by atoms with E-state index in [0.29, 0.717) is 30.5 Å². The van der Waals surface area contributed by atoms with Gasteiger partial charge in [0.15, 0.2) is 0 Å². The van der Waals surface area contributed by atoms with Crippen LogP contribution >= 0.6 is 0 Å². The van der Waals surface area contributed by atoms with Crippen LogP contribution in [-0.2, 0) is 17.9 Å². The van der Waals surface area contributed by atoms with Crippen molar-refractivity contribution in [2.45, 2.75) is 62.7 Å². The fourth-order valence-corrected chi connectivity index (χ4v) is 8.31. The number of benzene rings is 3. The summed E-state index contributed by atoms with van der Waals surface area (Å²) in [6.07, 6.45) is 6.10. The second-order valence-electron chi connectivity index (χ2n) is 12.6. The van der Waals surface area contributed by atoms with Crippen LogP contribution in [0.1, 0.15) is 60.0 Å². The number of phenolic OH excluding ortho intramolecular Hbond substituents is 1. The third kappa shape index (κ3) is 4.66. The number of hydrogen-bond acceptors (Lipinski definition) is 4. The smallest absolute Gasteiger partial charge is 0.251 e. The van der Waals surface area contributed by atoms with Crippen molar-refractivity contribution >= 4 is 11.8 Å². The Morgan fingerprint density at radius 1 is 0.850 bits per heavy atom. The van der Waals surface area contributed by atoms with Crippen molar-refractivity contribution in [3.8, 4) is 16.9 Å². The van der Waals surface area contributed by atoms with E-state index in [1.807, 2.05) is 36.4 Å². The number of nitrogens with one attached hydrogen (secondary N) is 2. The van der Waals surface area contributed by atoms with Gasteiger partial charge in [-0.3, -0.25) is 9.59 Å². The van der Waals surface area contributed by atoms with Crippen LogP contribution in [0, 0.1) is 17.7 Å². The minimum Gasteiger partial charge on any atom is -0.508 e. The lowest BCUT2D eigenvalue weighted by Gasteiger charge is -2.62. The molecule has 4 bridgehead atoms. The maximum absolute atomic E-state index is 13.6. The predicted molar refractivity (Wildman–Crippen MR) is 150 cm³/mol. The molecule has 4 saturated carbocycles. The highest BCUT2D eigenvalue weighted by Crippen LogP contribution is 2.57. The first-order valence-electron chi connectivity index (χ1n) is 14.3. The van der Waals surface area contributed by atoms with E-state index in [1.54, 1.807) is 23.1 Å². The number of amides is 2. The van der Waals surface area contributed by atoms with E-state index < -0.39 is 0 Å². The molecular weight excluding hydrogens is 505 g/mol. The van der Waals surface area contributed by atoms with Crippen LogP contribution < -0.4 is 10.6 Å². The van der Waals surface area contributed by atoms with Crippen LogP contribution in [0.2, 0.25) is 0 Å². The van der Waals surface area contributed by atoms with Crippen molar-refractivity contribution < 1.29 is 19.1 Å². The molecule has 5 aliphatic rings. The van der Waals surface area contributed by atoms with Gasteiger partial charge in [0.05, 0.1) is 6.54 Å². The summed E-state index contributed by atoms with van der Waals surface area (Å²) >= 11 is 0. The normalized spacial score (nSPS) is 28.0. The van der Waals surface area contributed by atoms with Gasteiger partial charge in [-0.1, -0.05) is 30.3 Å². The van der Waals surface area contributed by atoms with Gasteiger partial charge >= 0.3 is 0 Å². The standard InChI is InChI=1S/C33H34FN3O3/c34-28-8-5-26-18-37(19-27(26)12-28)30(39)17-35-32-13-21-11-22(14-32)16-33(15-21,20-32)36-31(40)25-3-1-23(2-4-25)24-6-9-29(38)10-7-24/h1-10,12,21-22,35,38H,11,13-20H2,(H,36,40).